The topological polar surface area (TPSA) is 69.6 Å². The van der Waals surface area contributed by atoms with E-state index in [9.17, 15) is 9.59 Å². The molecule has 0 spiro atoms. The zero-order valence-electron chi connectivity index (χ0n) is 9.19. The minimum Gasteiger partial charge on any atom is -0.481 e. The summed E-state index contributed by atoms with van der Waals surface area (Å²) in [5.41, 5.74) is 0. The van der Waals surface area contributed by atoms with Gasteiger partial charge in [-0.3, -0.25) is 9.59 Å². The number of hydrogen-bond donors (Lipinski definition) is 2. The minimum atomic E-state index is -0.857. The van der Waals surface area contributed by atoms with Crippen molar-refractivity contribution in [2.24, 2.45) is 5.92 Å². The number of likely N-dealkylation sites (N-methyl/N-ethyl adjacent to an activating group) is 1. The van der Waals surface area contributed by atoms with Gasteiger partial charge in [-0.05, 0) is 12.3 Å². The Balaban J connectivity index is 2.54. The first-order valence-corrected chi connectivity index (χ1v) is 5.21. The molecule has 0 aliphatic carbocycles. The predicted molar refractivity (Wildman–Crippen MR) is 55.5 cm³/mol. The van der Waals surface area contributed by atoms with Crippen LogP contribution in [-0.4, -0.2) is 48.1 Å². The summed E-state index contributed by atoms with van der Waals surface area (Å²) in [4.78, 5) is 23.9. The van der Waals surface area contributed by atoms with E-state index in [2.05, 4.69) is 12.2 Å². The van der Waals surface area contributed by atoms with E-state index in [-0.39, 0.29) is 18.4 Å². The molecule has 0 saturated carbocycles. The summed E-state index contributed by atoms with van der Waals surface area (Å²) in [6.07, 6.45) is 0.400. The molecule has 0 aromatic rings. The number of carbonyl (C=O) groups is 2. The Kier molecular flexibility index (Phi) is 4.08. The van der Waals surface area contributed by atoms with Crippen LogP contribution < -0.4 is 5.32 Å². The quantitative estimate of drug-likeness (QED) is 0.689. The summed E-state index contributed by atoms with van der Waals surface area (Å²) in [6.45, 7) is 3.56. The Bertz CT molecular complexity index is 255. The molecule has 1 heterocycles. The first-order valence-electron chi connectivity index (χ1n) is 5.21. The lowest BCUT2D eigenvalue weighted by Crippen LogP contribution is -2.42. The Hall–Kier alpha value is -1.10. The van der Waals surface area contributed by atoms with E-state index in [0.717, 1.165) is 13.1 Å². The summed E-state index contributed by atoms with van der Waals surface area (Å²) in [6, 6.07) is -0.337. The summed E-state index contributed by atoms with van der Waals surface area (Å²) >= 11 is 0. The van der Waals surface area contributed by atoms with Gasteiger partial charge >= 0.3 is 5.97 Å². The van der Waals surface area contributed by atoms with Gasteiger partial charge in [-0.1, -0.05) is 6.92 Å². The summed E-state index contributed by atoms with van der Waals surface area (Å²) in [5, 5.41) is 11.7. The molecule has 0 radical (unpaired) electrons. The number of hydrogen-bond acceptors (Lipinski definition) is 3. The molecule has 1 aliphatic heterocycles. The Morgan fingerprint density at radius 2 is 2.33 bits per heavy atom. The second-order valence-electron chi connectivity index (χ2n) is 4.22. The van der Waals surface area contributed by atoms with Crippen molar-refractivity contribution in [3.8, 4) is 0 Å². The first-order chi connectivity index (χ1) is 7.00. The van der Waals surface area contributed by atoms with E-state index in [1.165, 1.54) is 0 Å². The maximum atomic E-state index is 11.8. The van der Waals surface area contributed by atoms with Crippen LogP contribution in [0.5, 0.6) is 0 Å². The largest absolute Gasteiger partial charge is 0.481 e. The van der Waals surface area contributed by atoms with Crippen molar-refractivity contribution < 1.29 is 14.7 Å². The van der Waals surface area contributed by atoms with Gasteiger partial charge in [-0.25, -0.2) is 0 Å². The molecule has 0 bridgehead atoms. The molecule has 1 rings (SSSR count). The van der Waals surface area contributed by atoms with Crippen LogP contribution in [0.2, 0.25) is 0 Å². The third-order valence-electron chi connectivity index (χ3n) is 2.62. The van der Waals surface area contributed by atoms with Gasteiger partial charge in [-0.15, -0.1) is 0 Å². The second-order valence-corrected chi connectivity index (χ2v) is 4.22. The van der Waals surface area contributed by atoms with E-state index < -0.39 is 5.97 Å². The molecule has 5 nitrogen and oxygen atoms in total. The van der Waals surface area contributed by atoms with E-state index >= 15 is 0 Å². The zero-order chi connectivity index (χ0) is 11.4. The highest BCUT2D eigenvalue weighted by molar-refractivity contribution is 5.82. The van der Waals surface area contributed by atoms with Crippen LogP contribution in [0, 0.1) is 5.92 Å². The molecular weight excluding hydrogens is 196 g/mol. The molecular formula is C10H18N2O3. The van der Waals surface area contributed by atoms with Crippen LogP contribution in [0.15, 0.2) is 0 Å². The van der Waals surface area contributed by atoms with Crippen molar-refractivity contribution in [1.29, 1.82) is 0 Å². The Morgan fingerprint density at radius 1 is 1.67 bits per heavy atom. The molecule has 1 saturated heterocycles. The molecule has 2 N–H and O–H groups in total. The fraction of sp³-hybridized carbons (Fsp3) is 0.800. The molecule has 0 aromatic carbocycles. The summed E-state index contributed by atoms with van der Waals surface area (Å²) in [7, 11) is 1.76. The molecule has 1 fully saturated rings. The average Bonchev–Trinajstić information content (AvgIpc) is 2.26. The van der Waals surface area contributed by atoms with Crippen LogP contribution >= 0.6 is 0 Å². The lowest BCUT2D eigenvalue weighted by Gasteiger charge is -2.19. The van der Waals surface area contributed by atoms with Gasteiger partial charge in [0.25, 0.3) is 0 Å². The first kappa shape index (κ1) is 12.0. The van der Waals surface area contributed by atoms with Crippen LogP contribution in [-0.2, 0) is 9.59 Å². The van der Waals surface area contributed by atoms with Gasteiger partial charge in [0.1, 0.15) is 0 Å². The number of nitrogens with zero attached hydrogens (tertiary/aromatic N) is 1. The van der Waals surface area contributed by atoms with Crippen molar-refractivity contribution in [3.63, 3.8) is 0 Å². The molecule has 0 aromatic heterocycles. The highest BCUT2D eigenvalue weighted by Crippen LogP contribution is 2.09. The molecule has 2 unspecified atom stereocenters. The maximum absolute atomic E-state index is 11.8. The third-order valence-corrected chi connectivity index (χ3v) is 2.62. The van der Waals surface area contributed by atoms with Crippen molar-refractivity contribution in [2.45, 2.75) is 25.8 Å². The van der Waals surface area contributed by atoms with Crippen molar-refractivity contribution >= 4 is 11.9 Å². The second kappa shape index (κ2) is 5.11. The van der Waals surface area contributed by atoms with Crippen LogP contribution in [0.4, 0.5) is 0 Å². The smallest absolute Gasteiger partial charge is 0.303 e. The highest BCUT2D eigenvalue weighted by atomic mass is 16.4. The summed E-state index contributed by atoms with van der Waals surface area (Å²) < 4.78 is 0. The zero-order valence-corrected chi connectivity index (χ0v) is 9.19. The number of carbonyl (C=O) groups excluding carboxylic acids is 1. The average molecular weight is 214 g/mol. The SMILES string of the molecule is CC1CNC(CCC(=O)O)C(=O)N(C)C1. The maximum Gasteiger partial charge on any atom is 0.303 e. The molecule has 5 heteroatoms. The van der Waals surface area contributed by atoms with Gasteiger partial charge in [0.2, 0.25) is 5.91 Å². The number of carboxylic acid groups (broad SMARTS) is 1. The molecule has 1 amide bonds. The number of amides is 1. The van der Waals surface area contributed by atoms with Gasteiger partial charge < -0.3 is 15.3 Å². The van der Waals surface area contributed by atoms with E-state index in [0.29, 0.717) is 12.3 Å². The highest BCUT2D eigenvalue weighted by Gasteiger charge is 2.26. The Labute approximate surface area is 89.4 Å². The van der Waals surface area contributed by atoms with Gasteiger partial charge in [0.15, 0.2) is 0 Å². The Morgan fingerprint density at radius 3 is 2.93 bits per heavy atom. The van der Waals surface area contributed by atoms with E-state index in [1.807, 2.05) is 0 Å². The minimum absolute atomic E-state index is 0.000556. The summed E-state index contributed by atoms with van der Waals surface area (Å²) in [5.74, 6) is -0.445. The fourth-order valence-electron chi connectivity index (χ4n) is 1.81. The lowest BCUT2D eigenvalue weighted by atomic mass is 10.1. The van der Waals surface area contributed by atoms with Crippen molar-refractivity contribution in [1.82, 2.24) is 10.2 Å². The number of rotatable bonds is 3. The van der Waals surface area contributed by atoms with Crippen molar-refractivity contribution in [3.05, 3.63) is 0 Å². The van der Waals surface area contributed by atoms with Crippen LogP contribution in [0.1, 0.15) is 19.8 Å². The number of aliphatic carboxylic acids is 1. The molecule has 86 valence electrons. The standard InChI is InChI=1S/C10H18N2O3/c1-7-5-11-8(3-4-9(13)14)10(15)12(2)6-7/h7-8,11H,3-6H2,1-2H3,(H,13,14). The predicted octanol–water partition coefficient (Wildman–Crippen LogP) is -0.0825. The molecule has 2 atom stereocenters. The van der Waals surface area contributed by atoms with Crippen LogP contribution in [0.3, 0.4) is 0 Å². The monoisotopic (exact) mass is 214 g/mol. The van der Waals surface area contributed by atoms with Gasteiger partial charge in [0.05, 0.1) is 6.04 Å². The third kappa shape index (κ3) is 3.51. The fourth-order valence-corrected chi connectivity index (χ4v) is 1.81. The van der Waals surface area contributed by atoms with E-state index in [4.69, 9.17) is 5.11 Å². The molecule has 15 heavy (non-hydrogen) atoms. The number of nitrogens with one attached hydrogen (secondary N) is 1. The van der Waals surface area contributed by atoms with Crippen LogP contribution in [0.25, 0.3) is 0 Å². The van der Waals surface area contributed by atoms with Gasteiger partial charge in [0, 0.05) is 26.6 Å². The van der Waals surface area contributed by atoms with Gasteiger partial charge in [-0.2, -0.15) is 0 Å². The normalized spacial score (nSPS) is 27.6. The van der Waals surface area contributed by atoms with Crippen molar-refractivity contribution in [2.75, 3.05) is 20.1 Å². The lowest BCUT2D eigenvalue weighted by molar-refractivity contribution is -0.137. The number of carboxylic acids is 1. The molecule has 1 aliphatic rings. The van der Waals surface area contributed by atoms with E-state index in [1.54, 1.807) is 11.9 Å².